The molecule has 4 atom stereocenters. The molecule has 16 heteroatoms. The lowest BCUT2D eigenvalue weighted by atomic mass is 10.0. The number of carbonyl (C=O) groups excluding carboxylic acids is 4. The Hall–Kier alpha value is -4.76. The molecular weight excluding hydrogens is 759 g/mol. The third kappa shape index (κ3) is 9.60. The number of imidazole rings is 2. The number of nitrogens with zero attached hydrogens (tertiary/aromatic N) is 4. The quantitative estimate of drug-likeness (QED) is 0.123. The van der Waals surface area contributed by atoms with Gasteiger partial charge in [0, 0.05) is 0 Å². The minimum absolute atomic E-state index is 0. The average molecular weight is 812 g/mol. The zero-order chi connectivity index (χ0) is 38.5. The highest BCUT2D eigenvalue weighted by Gasteiger charge is 2.40. The summed E-state index contributed by atoms with van der Waals surface area (Å²) in [6.45, 7) is 9.35. The Labute approximate surface area is 339 Å². The third-order valence-corrected chi connectivity index (χ3v) is 10.5. The minimum Gasteiger partial charge on any atom is -0.453 e. The molecule has 56 heavy (non-hydrogen) atoms. The summed E-state index contributed by atoms with van der Waals surface area (Å²) in [7, 11) is 2.49. The van der Waals surface area contributed by atoms with Crippen LogP contribution in [0.4, 0.5) is 9.59 Å². The molecule has 4 heterocycles. The molecule has 4 amide bonds. The van der Waals surface area contributed by atoms with E-state index in [0.717, 1.165) is 84.1 Å². The fourth-order valence-electron chi connectivity index (χ4n) is 7.94. The lowest BCUT2D eigenvalue weighted by molar-refractivity contribution is -0.128. The topological polar surface area (TPSA) is 175 Å². The van der Waals surface area contributed by atoms with Crippen molar-refractivity contribution in [3.63, 3.8) is 0 Å². The molecule has 4 N–H and O–H groups in total. The van der Waals surface area contributed by atoms with Gasteiger partial charge in [-0.3, -0.25) is 30.0 Å². The summed E-state index contributed by atoms with van der Waals surface area (Å²) in [5, 5.41) is 4.70. The van der Waals surface area contributed by atoms with Crippen LogP contribution in [0.25, 0.3) is 33.6 Å². The monoisotopic (exact) mass is 810 g/mol. The van der Waals surface area contributed by atoms with Gasteiger partial charge in [0.1, 0.15) is 11.6 Å². The van der Waals surface area contributed by atoms with Crippen LogP contribution in [0.2, 0.25) is 0 Å². The molecule has 4 aromatic rings. The van der Waals surface area contributed by atoms with Crippen molar-refractivity contribution >= 4 is 48.8 Å². The highest BCUT2D eigenvalue weighted by molar-refractivity contribution is 5.95. The Kier molecular flexibility index (Phi) is 15.2. The van der Waals surface area contributed by atoms with Crippen LogP contribution in [-0.2, 0) is 19.1 Å². The van der Waals surface area contributed by atoms with Crippen LogP contribution in [0.15, 0.2) is 60.9 Å². The Morgan fingerprint density at radius 1 is 0.625 bits per heavy atom. The SMILES string of the molecule is COC(=O)NC(=O)[C@H](C(C)C)N1CCC[C@H]1c1ncc(-c2ccc(-c3ccc(-c4cnc([C@@H]5CCCN5[C@H](C(=O)NC(=O)OC)C(C)C)[nH]4)cc3)cc2)[nH]1.Cl.Cl. The summed E-state index contributed by atoms with van der Waals surface area (Å²) < 4.78 is 9.30. The van der Waals surface area contributed by atoms with Gasteiger partial charge in [0.05, 0.1) is 62.2 Å². The number of hydrogen-bond acceptors (Lipinski definition) is 10. The van der Waals surface area contributed by atoms with Crippen LogP contribution in [0.5, 0.6) is 0 Å². The van der Waals surface area contributed by atoms with Gasteiger partial charge in [-0.1, -0.05) is 76.2 Å². The van der Waals surface area contributed by atoms with Crippen LogP contribution in [0.3, 0.4) is 0 Å². The van der Waals surface area contributed by atoms with Crippen molar-refractivity contribution in [2.75, 3.05) is 27.3 Å². The van der Waals surface area contributed by atoms with E-state index in [1.54, 1.807) is 0 Å². The van der Waals surface area contributed by atoms with E-state index in [2.05, 4.69) is 88.4 Å². The van der Waals surface area contributed by atoms with E-state index in [-0.39, 0.29) is 60.5 Å². The lowest BCUT2D eigenvalue weighted by Crippen LogP contribution is -2.51. The van der Waals surface area contributed by atoms with Crippen molar-refractivity contribution in [2.24, 2.45) is 11.8 Å². The zero-order valence-electron chi connectivity index (χ0n) is 32.5. The first kappa shape index (κ1) is 44.0. The largest absolute Gasteiger partial charge is 0.453 e. The van der Waals surface area contributed by atoms with Crippen molar-refractivity contribution in [1.82, 2.24) is 40.4 Å². The molecule has 2 aliphatic rings. The van der Waals surface area contributed by atoms with Gasteiger partial charge in [-0.2, -0.15) is 0 Å². The number of alkyl carbamates (subject to hydrolysis) is 2. The number of hydrogen-bond donors (Lipinski definition) is 4. The highest BCUT2D eigenvalue weighted by Crippen LogP contribution is 2.37. The summed E-state index contributed by atoms with van der Waals surface area (Å²) in [6.07, 6.45) is 5.69. The van der Waals surface area contributed by atoms with Crippen molar-refractivity contribution in [3.05, 3.63) is 72.6 Å². The molecule has 0 aliphatic carbocycles. The van der Waals surface area contributed by atoms with E-state index < -0.39 is 24.3 Å². The van der Waals surface area contributed by atoms with Crippen molar-refractivity contribution in [2.45, 2.75) is 77.5 Å². The van der Waals surface area contributed by atoms with E-state index in [0.29, 0.717) is 0 Å². The second-order valence-electron chi connectivity index (χ2n) is 14.7. The molecule has 6 rings (SSSR count). The summed E-state index contributed by atoms with van der Waals surface area (Å²) in [5.74, 6) is 0.810. The number of H-pyrrole nitrogens is 2. The van der Waals surface area contributed by atoms with E-state index in [9.17, 15) is 19.2 Å². The molecule has 2 saturated heterocycles. The number of ether oxygens (including phenoxy) is 2. The third-order valence-electron chi connectivity index (χ3n) is 10.5. The lowest BCUT2D eigenvalue weighted by Gasteiger charge is -2.33. The maximum Gasteiger partial charge on any atom is 0.413 e. The second kappa shape index (κ2) is 19.4. The van der Waals surface area contributed by atoms with Crippen LogP contribution in [-0.4, -0.2) is 93.1 Å². The highest BCUT2D eigenvalue weighted by atomic mass is 35.5. The van der Waals surface area contributed by atoms with Gasteiger partial charge in [0.2, 0.25) is 11.8 Å². The molecular formula is C40H52Cl2N8O6. The summed E-state index contributed by atoms with van der Waals surface area (Å²) in [4.78, 5) is 70.3. The normalized spacial score (nSPS) is 18.1. The van der Waals surface area contributed by atoms with Crippen LogP contribution in [0, 0.1) is 11.8 Å². The molecule has 0 unspecified atom stereocenters. The van der Waals surface area contributed by atoms with E-state index in [1.165, 1.54) is 14.2 Å². The average Bonchev–Trinajstić information content (AvgIpc) is 3.99. The number of benzene rings is 2. The minimum atomic E-state index is -0.760. The Morgan fingerprint density at radius 3 is 1.29 bits per heavy atom. The number of aromatic amines is 2. The predicted octanol–water partition coefficient (Wildman–Crippen LogP) is 7.07. The van der Waals surface area contributed by atoms with E-state index >= 15 is 0 Å². The van der Waals surface area contributed by atoms with Crippen LogP contribution >= 0.6 is 24.8 Å². The first-order chi connectivity index (χ1) is 26.0. The molecule has 0 spiro atoms. The van der Waals surface area contributed by atoms with Gasteiger partial charge < -0.3 is 19.4 Å². The number of amides is 4. The molecule has 2 aromatic carbocycles. The van der Waals surface area contributed by atoms with E-state index in [1.807, 2.05) is 40.1 Å². The van der Waals surface area contributed by atoms with Crippen LogP contribution in [0.1, 0.15) is 77.1 Å². The van der Waals surface area contributed by atoms with Crippen LogP contribution < -0.4 is 10.6 Å². The maximum absolute atomic E-state index is 13.0. The number of halogens is 2. The van der Waals surface area contributed by atoms with Crippen molar-refractivity contribution < 1.29 is 28.7 Å². The molecule has 302 valence electrons. The standard InChI is InChI=1S/C40H50N8O6.2ClH/c1-23(2)33(37(49)45-39(51)53-5)47-19-7-9-31(47)35-41-21-29(43-35)27-15-11-25(12-16-27)26-13-17-28(18-14-26)30-22-42-36(44-30)32-10-8-20-48(32)34(24(3)4)38(50)46-40(52)54-6;;/h11-18,21-24,31-34H,7-10,19-20H2,1-6H3,(H,41,43)(H,42,44)(H,45,49,51)(H,46,50,52);2*1H/t31-,32-,33-,34-;;/m0../s1. The molecule has 2 fully saturated rings. The molecule has 0 bridgehead atoms. The number of imide groups is 2. The molecule has 14 nitrogen and oxygen atoms in total. The van der Waals surface area contributed by atoms with Gasteiger partial charge >= 0.3 is 12.2 Å². The number of rotatable bonds is 11. The summed E-state index contributed by atoms with van der Waals surface area (Å²) >= 11 is 0. The first-order valence-electron chi connectivity index (χ1n) is 18.6. The predicted molar refractivity (Wildman–Crippen MR) is 217 cm³/mol. The molecule has 2 aromatic heterocycles. The van der Waals surface area contributed by atoms with Gasteiger partial charge in [-0.15, -0.1) is 24.8 Å². The number of nitrogens with one attached hydrogen (secondary N) is 4. The second-order valence-corrected chi connectivity index (χ2v) is 14.7. The van der Waals surface area contributed by atoms with Crippen molar-refractivity contribution in [1.29, 1.82) is 0 Å². The van der Waals surface area contributed by atoms with Crippen molar-refractivity contribution in [3.8, 4) is 33.6 Å². The van der Waals surface area contributed by atoms with E-state index in [4.69, 9.17) is 9.97 Å². The van der Waals surface area contributed by atoms with Gasteiger partial charge in [-0.05, 0) is 72.9 Å². The first-order valence-corrected chi connectivity index (χ1v) is 18.6. The smallest absolute Gasteiger partial charge is 0.413 e. The summed E-state index contributed by atoms with van der Waals surface area (Å²) in [5.41, 5.74) is 5.91. The fraction of sp³-hybridized carbons (Fsp3) is 0.450. The number of likely N-dealkylation sites (tertiary alicyclic amines) is 2. The summed E-state index contributed by atoms with van der Waals surface area (Å²) in [6, 6.07) is 15.5. The molecule has 0 saturated carbocycles. The van der Waals surface area contributed by atoms with Gasteiger partial charge in [-0.25, -0.2) is 19.6 Å². The number of carbonyl (C=O) groups is 4. The fourth-order valence-corrected chi connectivity index (χ4v) is 7.94. The van der Waals surface area contributed by atoms with Gasteiger partial charge in [0.25, 0.3) is 0 Å². The van der Waals surface area contributed by atoms with Gasteiger partial charge in [0.15, 0.2) is 0 Å². The Bertz CT molecular complexity index is 1810. The maximum atomic E-state index is 13.0. The Balaban J connectivity index is 0.00000348. The number of aromatic nitrogens is 4. The zero-order valence-corrected chi connectivity index (χ0v) is 34.2. The Morgan fingerprint density at radius 2 is 0.964 bits per heavy atom. The molecule has 0 radical (unpaired) electrons. The molecule has 2 aliphatic heterocycles. The number of methoxy groups -OCH3 is 2.